The monoisotopic (exact) mass is 685 g/mol. The number of hydrogen-bond donors (Lipinski definition) is 2. The van der Waals surface area contributed by atoms with E-state index in [4.69, 9.17) is 17.3 Å². The first-order chi connectivity index (χ1) is 22.2. The summed E-state index contributed by atoms with van der Waals surface area (Å²) in [5, 5.41) is 7.06. The SMILES string of the molecule is Nc1ncnn2c(-c3ccc(Cl)c(C(=O)NC4CN(C(=O)C5CCC(F)(F)CC5)CC4F)c3)cc(CN3CCC(C(F)(F)F)CC3)c12. The van der Waals surface area contributed by atoms with Crippen molar-refractivity contribution in [1.82, 2.24) is 29.7 Å². The van der Waals surface area contributed by atoms with Crippen LogP contribution in [0.15, 0.2) is 30.6 Å². The number of nitrogens with zero attached hydrogens (tertiary/aromatic N) is 5. The van der Waals surface area contributed by atoms with Gasteiger partial charge >= 0.3 is 6.18 Å². The van der Waals surface area contributed by atoms with Gasteiger partial charge in [-0.2, -0.15) is 18.3 Å². The number of anilines is 1. The lowest BCUT2D eigenvalue weighted by Gasteiger charge is -2.32. The molecule has 47 heavy (non-hydrogen) atoms. The van der Waals surface area contributed by atoms with E-state index >= 15 is 4.39 Å². The van der Waals surface area contributed by atoms with Gasteiger partial charge in [-0.1, -0.05) is 17.7 Å². The summed E-state index contributed by atoms with van der Waals surface area (Å²) in [4.78, 5) is 33.6. The zero-order chi connectivity index (χ0) is 33.7. The van der Waals surface area contributed by atoms with Crippen molar-refractivity contribution >= 4 is 34.7 Å². The Labute approximate surface area is 271 Å². The lowest BCUT2D eigenvalue weighted by molar-refractivity contribution is -0.185. The number of carbonyl (C=O) groups excluding carboxylic acids is 2. The lowest BCUT2D eigenvalue weighted by atomic mass is 9.86. The molecule has 1 saturated carbocycles. The summed E-state index contributed by atoms with van der Waals surface area (Å²) >= 11 is 6.41. The van der Waals surface area contributed by atoms with Crippen LogP contribution in [0.5, 0.6) is 0 Å². The number of nitrogens with two attached hydrogens (primary N) is 1. The predicted octanol–water partition coefficient (Wildman–Crippen LogP) is 5.51. The van der Waals surface area contributed by atoms with Gasteiger partial charge in [-0.05, 0) is 62.5 Å². The van der Waals surface area contributed by atoms with Crippen molar-refractivity contribution in [3.63, 3.8) is 0 Å². The highest BCUT2D eigenvalue weighted by molar-refractivity contribution is 6.34. The van der Waals surface area contributed by atoms with E-state index in [9.17, 15) is 31.5 Å². The molecule has 0 bridgehead atoms. The Balaban J connectivity index is 1.18. The van der Waals surface area contributed by atoms with E-state index in [1.807, 2.05) is 4.90 Å². The summed E-state index contributed by atoms with van der Waals surface area (Å²) in [6, 6.07) is 5.46. The van der Waals surface area contributed by atoms with Crippen LogP contribution in [0.2, 0.25) is 5.02 Å². The smallest absolute Gasteiger partial charge is 0.382 e. The fraction of sp³-hybridized carbons (Fsp3) is 0.548. The molecule has 0 spiro atoms. The highest BCUT2D eigenvalue weighted by atomic mass is 35.5. The Morgan fingerprint density at radius 1 is 1.06 bits per heavy atom. The van der Waals surface area contributed by atoms with Crippen LogP contribution >= 0.6 is 11.6 Å². The molecule has 3 aromatic rings. The van der Waals surface area contributed by atoms with Crippen molar-refractivity contribution in [3.05, 3.63) is 46.7 Å². The highest BCUT2D eigenvalue weighted by Crippen LogP contribution is 2.38. The molecule has 1 aromatic carbocycles. The number of carbonyl (C=O) groups is 2. The van der Waals surface area contributed by atoms with Gasteiger partial charge in [-0.15, -0.1) is 0 Å². The molecule has 3 N–H and O–H groups in total. The topological polar surface area (TPSA) is 109 Å². The van der Waals surface area contributed by atoms with Crippen molar-refractivity contribution < 1.29 is 35.9 Å². The maximum atomic E-state index is 15.0. The third-order valence-corrected chi connectivity index (χ3v) is 9.89. The van der Waals surface area contributed by atoms with Crippen LogP contribution in [-0.2, 0) is 11.3 Å². The number of likely N-dealkylation sites (tertiary alicyclic amines) is 2. The minimum Gasteiger partial charge on any atom is -0.382 e. The van der Waals surface area contributed by atoms with E-state index in [1.54, 1.807) is 16.6 Å². The Bertz CT molecular complexity index is 1650. The number of nitrogens with one attached hydrogen (secondary N) is 1. The quantitative estimate of drug-likeness (QED) is 0.332. The summed E-state index contributed by atoms with van der Waals surface area (Å²) in [5.41, 5.74) is 8.48. The second-order valence-electron chi connectivity index (χ2n) is 12.7. The van der Waals surface area contributed by atoms with E-state index < -0.39 is 42.1 Å². The molecule has 6 rings (SSSR count). The first-order valence-corrected chi connectivity index (χ1v) is 15.9. The first-order valence-electron chi connectivity index (χ1n) is 15.5. The van der Waals surface area contributed by atoms with E-state index in [-0.39, 0.29) is 87.0 Å². The molecule has 16 heteroatoms. The van der Waals surface area contributed by atoms with Crippen molar-refractivity contribution in [2.45, 2.75) is 69.4 Å². The number of halogens is 7. The van der Waals surface area contributed by atoms with Gasteiger partial charge in [0.15, 0.2) is 5.82 Å². The summed E-state index contributed by atoms with van der Waals surface area (Å²) in [5.74, 6) is -5.61. The first kappa shape index (κ1) is 33.3. The van der Waals surface area contributed by atoms with E-state index in [0.29, 0.717) is 28.9 Å². The molecule has 2 saturated heterocycles. The molecule has 3 fully saturated rings. The van der Waals surface area contributed by atoms with Crippen LogP contribution < -0.4 is 11.1 Å². The van der Waals surface area contributed by atoms with Gasteiger partial charge in [0.1, 0.15) is 18.0 Å². The summed E-state index contributed by atoms with van der Waals surface area (Å²) in [6.07, 6.45) is -5.24. The van der Waals surface area contributed by atoms with Gasteiger partial charge in [0.2, 0.25) is 11.8 Å². The molecule has 4 heterocycles. The maximum Gasteiger partial charge on any atom is 0.391 e. The third kappa shape index (κ3) is 7.01. The second kappa shape index (κ2) is 12.8. The molecule has 9 nitrogen and oxygen atoms in total. The minimum atomic E-state index is -4.23. The fourth-order valence-corrected chi connectivity index (χ4v) is 7.06. The number of hydrogen-bond acceptors (Lipinski definition) is 6. The van der Waals surface area contributed by atoms with E-state index in [1.165, 1.54) is 23.4 Å². The normalized spacial score (nSPS) is 23.0. The minimum absolute atomic E-state index is 0.00404. The van der Waals surface area contributed by atoms with Crippen molar-refractivity contribution in [2.75, 3.05) is 31.9 Å². The van der Waals surface area contributed by atoms with Gasteiger partial charge < -0.3 is 16.0 Å². The molecule has 2 aromatic heterocycles. The molecule has 254 valence electrons. The third-order valence-electron chi connectivity index (χ3n) is 9.56. The molecule has 3 aliphatic rings. The molecule has 0 radical (unpaired) electrons. The predicted molar refractivity (Wildman–Crippen MR) is 162 cm³/mol. The van der Waals surface area contributed by atoms with Crippen LogP contribution in [0.4, 0.5) is 32.2 Å². The number of rotatable bonds is 6. The fourth-order valence-electron chi connectivity index (χ4n) is 6.86. The number of fused-ring (bicyclic) bond motifs is 1. The van der Waals surface area contributed by atoms with Gasteiger partial charge in [0.25, 0.3) is 5.91 Å². The molecule has 1 aliphatic carbocycles. The summed E-state index contributed by atoms with van der Waals surface area (Å²) in [6.45, 7) is 0.472. The van der Waals surface area contributed by atoms with Crippen LogP contribution in [-0.4, -0.2) is 86.7 Å². The Kier molecular flexibility index (Phi) is 9.07. The number of benzene rings is 1. The number of alkyl halides is 6. The molecule has 2 aliphatic heterocycles. The Morgan fingerprint density at radius 3 is 2.45 bits per heavy atom. The Hall–Kier alpha value is -3.59. The zero-order valence-corrected chi connectivity index (χ0v) is 26.0. The average Bonchev–Trinajstić information content (AvgIpc) is 3.57. The number of nitrogen functional groups attached to an aromatic ring is 1. The van der Waals surface area contributed by atoms with Crippen molar-refractivity contribution in [2.24, 2.45) is 11.8 Å². The van der Waals surface area contributed by atoms with Crippen LogP contribution in [0.25, 0.3) is 16.8 Å². The number of amides is 2. The standard InChI is InChI=1S/C31H34ClF6N7O2/c32-22-2-1-18(11-21(22)28(46)42-24-15-44(14-23(24)33)29(47)17-3-7-30(34,35)8-4-17)25-12-19(26-27(39)40-16-41-45(25)26)13-43-9-5-20(6-10-43)31(36,37)38/h1-2,11-12,16-17,20,23-24H,3-10,13-15H2,(H,42,46)(H2,39,40,41). The number of piperidine rings is 1. The van der Waals surface area contributed by atoms with Crippen LogP contribution in [0.3, 0.4) is 0 Å². The number of aromatic nitrogens is 3. The van der Waals surface area contributed by atoms with Crippen LogP contribution in [0, 0.1) is 11.8 Å². The lowest BCUT2D eigenvalue weighted by Crippen LogP contribution is -2.43. The van der Waals surface area contributed by atoms with Gasteiger partial charge in [-0.3, -0.25) is 14.5 Å². The summed E-state index contributed by atoms with van der Waals surface area (Å²) < 4.78 is 83.3. The Morgan fingerprint density at radius 2 is 1.77 bits per heavy atom. The van der Waals surface area contributed by atoms with Crippen LogP contribution in [0.1, 0.15) is 54.4 Å². The van der Waals surface area contributed by atoms with E-state index in [0.717, 1.165) is 0 Å². The summed E-state index contributed by atoms with van der Waals surface area (Å²) in [7, 11) is 0. The molecular weight excluding hydrogens is 652 g/mol. The van der Waals surface area contributed by atoms with Crippen molar-refractivity contribution in [3.8, 4) is 11.3 Å². The molecule has 2 amide bonds. The second-order valence-corrected chi connectivity index (χ2v) is 13.1. The largest absolute Gasteiger partial charge is 0.391 e. The zero-order valence-electron chi connectivity index (χ0n) is 25.2. The van der Waals surface area contributed by atoms with Crippen molar-refractivity contribution in [1.29, 1.82) is 0 Å². The average molecular weight is 686 g/mol. The highest BCUT2D eigenvalue weighted by Gasteiger charge is 2.43. The molecule has 2 atom stereocenters. The van der Waals surface area contributed by atoms with Gasteiger partial charge in [0.05, 0.1) is 34.8 Å². The van der Waals surface area contributed by atoms with E-state index in [2.05, 4.69) is 15.4 Å². The molecule has 2 unspecified atom stereocenters. The van der Waals surface area contributed by atoms with Gasteiger partial charge in [0, 0.05) is 37.4 Å². The molecular formula is C31H34ClF6N7O2. The van der Waals surface area contributed by atoms with Gasteiger partial charge in [-0.25, -0.2) is 22.7 Å². The maximum absolute atomic E-state index is 15.0.